The Bertz CT molecular complexity index is 563. The third kappa shape index (κ3) is 1.67. The first kappa shape index (κ1) is 9.28. The van der Waals surface area contributed by atoms with E-state index >= 15 is 0 Å². The summed E-state index contributed by atoms with van der Waals surface area (Å²) >= 11 is 0. The number of benzene rings is 1. The van der Waals surface area contributed by atoms with Crippen LogP contribution >= 0.6 is 0 Å². The maximum Gasteiger partial charge on any atom is 0.237 e. The maximum atomic E-state index is 10.8. The Morgan fingerprint density at radius 1 is 1.47 bits per heavy atom. The lowest BCUT2D eigenvalue weighted by molar-refractivity contribution is -0.118. The minimum absolute atomic E-state index is 0.137. The van der Waals surface area contributed by atoms with Gasteiger partial charge in [0.15, 0.2) is 0 Å². The van der Waals surface area contributed by atoms with E-state index in [1.54, 1.807) is 22.9 Å². The predicted molar refractivity (Wildman–Crippen MR) is 55.8 cm³/mol. The molecule has 2 rings (SSSR count). The van der Waals surface area contributed by atoms with Gasteiger partial charge in [-0.3, -0.25) is 4.79 Å². The van der Waals surface area contributed by atoms with Gasteiger partial charge in [-0.25, -0.2) is 0 Å². The van der Waals surface area contributed by atoms with E-state index < -0.39 is 5.91 Å². The Kier molecular flexibility index (Phi) is 2.14. The van der Waals surface area contributed by atoms with Gasteiger partial charge in [0.2, 0.25) is 5.91 Å². The van der Waals surface area contributed by atoms with Crippen LogP contribution in [-0.4, -0.2) is 10.5 Å². The molecule has 1 aromatic heterocycles. The molecular weight excluding hydrogens is 190 g/mol. The largest absolute Gasteiger partial charge is 0.368 e. The lowest BCUT2D eigenvalue weighted by Gasteiger charge is -2.01. The second-order valence-electron chi connectivity index (χ2n) is 3.30. The number of hydrogen-bond donors (Lipinski definition) is 1. The average molecular weight is 199 g/mol. The fraction of sp³-hybridized carbons (Fsp3) is 0.0909. The van der Waals surface area contributed by atoms with Gasteiger partial charge in [-0.1, -0.05) is 6.07 Å². The second kappa shape index (κ2) is 3.46. The van der Waals surface area contributed by atoms with E-state index in [-0.39, 0.29) is 6.54 Å². The van der Waals surface area contributed by atoms with Gasteiger partial charge in [0.25, 0.3) is 0 Å². The third-order valence-corrected chi connectivity index (χ3v) is 2.23. The van der Waals surface area contributed by atoms with Crippen LogP contribution in [0.3, 0.4) is 0 Å². The lowest BCUT2D eigenvalue weighted by atomic mass is 10.2. The zero-order valence-electron chi connectivity index (χ0n) is 7.97. The van der Waals surface area contributed by atoms with Gasteiger partial charge in [-0.2, -0.15) is 5.26 Å². The van der Waals surface area contributed by atoms with E-state index in [9.17, 15) is 4.79 Å². The summed E-state index contributed by atoms with van der Waals surface area (Å²) in [7, 11) is 0. The fourth-order valence-corrected chi connectivity index (χ4v) is 1.56. The van der Waals surface area contributed by atoms with Gasteiger partial charge >= 0.3 is 0 Å². The summed E-state index contributed by atoms with van der Waals surface area (Å²) in [5.41, 5.74) is 6.55. The minimum atomic E-state index is -0.394. The van der Waals surface area contributed by atoms with E-state index in [0.29, 0.717) is 5.56 Å². The summed E-state index contributed by atoms with van der Waals surface area (Å²) in [6, 6.07) is 9.30. The quantitative estimate of drug-likeness (QED) is 0.783. The van der Waals surface area contributed by atoms with E-state index in [2.05, 4.69) is 6.07 Å². The molecule has 74 valence electrons. The van der Waals surface area contributed by atoms with Crippen LogP contribution in [0.2, 0.25) is 0 Å². The minimum Gasteiger partial charge on any atom is -0.368 e. The van der Waals surface area contributed by atoms with Crippen LogP contribution < -0.4 is 5.73 Å². The Labute approximate surface area is 86.5 Å². The van der Waals surface area contributed by atoms with Gasteiger partial charge in [-0.05, 0) is 23.6 Å². The van der Waals surface area contributed by atoms with Crippen LogP contribution in [0.1, 0.15) is 5.56 Å². The van der Waals surface area contributed by atoms with Gasteiger partial charge in [0.1, 0.15) is 6.54 Å². The molecule has 0 radical (unpaired) electrons. The van der Waals surface area contributed by atoms with E-state index in [4.69, 9.17) is 11.0 Å². The van der Waals surface area contributed by atoms with Crippen LogP contribution in [0, 0.1) is 11.3 Å². The maximum absolute atomic E-state index is 10.8. The van der Waals surface area contributed by atoms with Crippen molar-refractivity contribution >= 4 is 16.8 Å². The molecule has 0 aliphatic rings. The van der Waals surface area contributed by atoms with Crippen molar-refractivity contribution in [3.8, 4) is 6.07 Å². The highest BCUT2D eigenvalue weighted by Crippen LogP contribution is 2.17. The lowest BCUT2D eigenvalue weighted by Crippen LogP contribution is -2.17. The Balaban J connectivity index is 2.57. The first-order valence-electron chi connectivity index (χ1n) is 4.48. The molecule has 4 nitrogen and oxygen atoms in total. The van der Waals surface area contributed by atoms with E-state index in [0.717, 1.165) is 10.9 Å². The molecule has 0 atom stereocenters. The highest BCUT2D eigenvalue weighted by atomic mass is 16.1. The SMILES string of the molecule is N#Cc1ccc2ccn(CC(N)=O)c2c1. The monoisotopic (exact) mass is 199 g/mol. The summed E-state index contributed by atoms with van der Waals surface area (Å²) in [4.78, 5) is 10.8. The summed E-state index contributed by atoms with van der Waals surface area (Å²) in [6.45, 7) is 0.137. The molecule has 2 aromatic rings. The van der Waals surface area contributed by atoms with E-state index in [1.807, 2.05) is 12.1 Å². The molecule has 0 fully saturated rings. The molecule has 0 spiro atoms. The van der Waals surface area contributed by atoms with Crippen molar-refractivity contribution in [2.24, 2.45) is 5.73 Å². The predicted octanol–water partition coefficient (Wildman–Crippen LogP) is 0.998. The molecule has 1 amide bonds. The number of nitriles is 1. The first-order chi connectivity index (χ1) is 7.20. The number of amides is 1. The van der Waals surface area contributed by atoms with Crippen molar-refractivity contribution in [1.82, 2.24) is 4.57 Å². The van der Waals surface area contributed by atoms with Gasteiger partial charge in [-0.15, -0.1) is 0 Å². The highest BCUT2D eigenvalue weighted by Gasteiger charge is 2.03. The molecule has 15 heavy (non-hydrogen) atoms. The standard InChI is InChI=1S/C11H9N3O/c12-6-8-1-2-9-3-4-14(7-11(13)15)10(9)5-8/h1-5H,7H2,(H2,13,15). The van der Waals surface area contributed by atoms with Crippen molar-refractivity contribution in [3.05, 3.63) is 36.0 Å². The van der Waals surface area contributed by atoms with Crippen LogP contribution in [0.15, 0.2) is 30.5 Å². The Morgan fingerprint density at radius 2 is 2.27 bits per heavy atom. The van der Waals surface area contributed by atoms with Crippen LogP contribution in [-0.2, 0) is 11.3 Å². The first-order valence-corrected chi connectivity index (χ1v) is 4.48. The number of primary amides is 1. The number of hydrogen-bond acceptors (Lipinski definition) is 2. The molecule has 4 heteroatoms. The Morgan fingerprint density at radius 3 is 2.93 bits per heavy atom. The molecule has 0 saturated carbocycles. The topological polar surface area (TPSA) is 71.8 Å². The van der Waals surface area contributed by atoms with Crippen molar-refractivity contribution in [2.45, 2.75) is 6.54 Å². The summed E-state index contributed by atoms with van der Waals surface area (Å²) in [5, 5.41) is 9.75. The van der Waals surface area contributed by atoms with Crippen molar-refractivity contribution in [1.29, 1.82) is 5.26 Å². The summed E-state index contributed by atoms with van der Waals surface area (Å²) in [5.74, 6) is -0.394. The fourth-order valence-electron chi connectivity index (χ4n) is 1.56. The number of fused-ring (bicyclic) bond motifs is 1. The number of aromatic nitrogens is 1. The van der Waals surface area contributed by atoms with Crippen molar-refractivity contribution in [3.63, 3.8) is 0 Å². The van der Waals surface area contributed by atoms with Crippen LogP contribution in [0.5, 0.6) is 0 Å². The molecular formula is C11H9N3O. The normalized spacial score (nSPS) is 10.1. The van der Waals surface area contributed by atoms with Gasteiger partial charge in [0.05, 0.1) is 11.6 Å². The molecule has 1 aromatic carbocycles. The second-order valence-corrected chi connectivity index (χ2v) is 3.30. The molecule has 0 aliphatic heterocycles. The number of carbonyl (C=O) groups is 1. The molecule has 0 saturated heterocycles. The number of rotatable bonds is 2. The molecule has 0 unspecified atom stereocenters. The van der Waals surface area contributed by atoms with Crippen molar-refractivity contribution < 1.29 is 4.79 Å². The van der Waals surface area contributed by atoms with Crippen LogP contribution in [0.25, 0.3) is 10.9 Å². The zero-order valence-corrected chi connectivity index (χ0v) is 7.97. The van der Waals surface area contributed by atoms with Crippen LogP contribution in [0.4, 0.5) is 0 Å². The van der Waals surface area contributed by atoms with Gasteiger partial charge in [0, 0.05) is 11.7 Å². The third-order valence-electron chi connectivity index (χ3n) is 2.23. The Hall–Kier alpha value is -2.28. The molecule has 0 aliphatic carbocycles. The molecule has 2 N–H and O–H groups in total. The average Bonchev–Trinajstić information content (AvgIpc) is 2.60. The van der Waals surface area contributed by atoms with E-state index in [1.165, 1.54) is 0 Å². The smallest absolute Gasteiger partial charge is 0.237 e. The van der Waals surface area contributed by atoms with Crippen molar-refractivity contribution in [2.75, 3.05) is 0 Å². The molecule has 0 bridgehead atoms. The summed E-state index contributed by atoms with van der Waals surface area (Å²) < 4.78 is 1.73. The summed E-state index contributed by atoms with van der Waals surface area (Å²) in [6.07, 6.45) is 1.79. The number of carbonyl (C=O) groups excluding carboxylic acids is 1. The number of nitrogens with two attached hydrogens (primary N) is 1. The molecule has 1 heterocycles. The number of nitrogens with zero attached hydrogens (tertiary/aromatic N) is 2. The zero-order chi connectivity index (χ0) is 10.8. The highest BCUT2D eigenvalue weighted by molar-refractivity contribution is 5.83. The van der Waals surface area contributed by atoms with Gasteiger partial charge < -0.3 is 10.3 Å².